The molecule has 150 valence electrons. The van der Waals surface area contributed by atoms with Gasteiger partial charge in [-0.3, -0.25) is 9.69 Å². The normalized spacial score (nSPS) is 18.1. The van der Waals surface area contributed by atoms with Crippen LogP contribution in [0.2, 0.25) is 0 Å². The predicted molar refractivity (Wildman–Crippen MR) is 113 cm³/mol. The summed E-state index contributed by atoms with van der Waals surface area (Å²) in [5.41, 5.74) is 1.89. The molecule has 2 aliphatic rings. The third-order valence-electron chi connectivity index (χ3n) is 5.64. The number of carbonyl (C=O) groups is 1. The van der Waals surface area contributed by atoms with Crippen LogP contribution in [0.5, 0.6) is 5.75 Å². The number of para-hydroxylation sites is 2. The number of likely N-dealkylation sites (tertiary alicyclic amines) is 1. The van der Waals surface area contributed by atoms with E-state index in [1.54, 1.807) is 18.4 Å². The summed E-state index contributed by atoms with van der Waals surface area (Å²) in [6.45, 7) is 2.72. The molecular formula is C21H28N4O2S. The lowest BCUT2D eigenvalue weighted by atomic mass is 9.95. The Morgan fingerprint density at radius 2 is 2.04 bits per heavy atom. The number of hydrogen-bond donors (Lipinski definition) is 1. The van der Waals surface area contributed by atoms with Crippen molar-refractivity contribution < 1.29 is 9.53 Å². The zero-order valence-electron chi connectivity index (χ0n) is 16.6. The van der Waals surface area contributed by atoms with Crippen LogP contribution >= 0.6 is 11.3 Å². The van der Waals surface area contributed by atoms with Crippen LogP contribution in [0.4, 0.5) is 10.8 Å². The van der Waals surface area contributed by atoms with Crippen molar-refractivity contribution in [3.8, 4) is 5.75 Å². The van der Waals surface area contributed by atoms with Crippen molar-refractivity contribution in [3.05, 3.63) is 35.3 Å². The van der Waals surface area contributed by atoms with E-state index >= 15 is 0 Å². The van der Waals surface area contributed by atoms with Gasteiger partial charge in [-0.25, -0.2) is 4.98 Å². The van der Waals surface area contributed by atoms with Crippen LogP contribution in [0.3, 0.4) is 0 Å². The first-order valence-corrected chi connectivity index (χ1v) is 10.9. The van der Waals surface area contributed by atoms with E-state index in [0.29, 0.717) is 11.8 Å². The molecule has 2 fully saturated rings. The number of piperidine rings is 1. The van der Waals surface area contributed by atoms with E-state index in [1.807, 2.05) is 24.3 Å². The Morgan fingerprint density at radius 1 is 1.29 bits per heavy atom. The molecule has 7 heteroatoms. The molecule has 28 heavy (non-hydrogen) atoms. The van der Waals surface area contributed by atoms with Gasteiger partial charge in [0, 0.05) is 30.9 Å². The highest BCUT2D eigenvalue weighted by molar-refractivity contribution is 7.13. The van der Waals surface area contributed by atoms with Crippen molar-refractivity contribution in [3.63, 3.8) is 0 Å². The van der Waals surface area contributed by atoms with E-state index in [0.717, 1.165) is 49.0 Å². The van der Waals surface area contributed by atoms with Crippen LogP contribution in [-0.4, -0.2) is 49.1 Å². The molecule has 1 aliphatic heterocycles. The average molecular weight is 401 g/mol. The number of carbonyl (C=O) groups excluding carboxylic acids is 1. The number of benzene rings is 1. The van der Waals surface area contributed by atoms with Gasteiger partial charge in [-0.2, -0.15) is 0 Å². The molecule has 1 saturated heterocycles. The molecule has 1 amide bonds. The second-order valence-electron chi connectivity index (χ2n) is 7.70. The minimum Gasteiger partial charge on any atom is -0.495 e. The number of rotatable bonds is 7. The summed E-state index contributed by atoms with van der Waals surface area (Å²) in [5, 5.41) is 6.33. The lowest BCUT2D eigenvalue weighted by molar-refractivity contribution is -0.121. The fourth-order valence-corrected chi connectivity index (χ4v) is 4.57. The Bertz CT molecular complexity index is 812. The maximum absolute atomic E-state index is 12.6. The summed E-state index contributed by atoms with van der Waals surface area (Å²) < 4.78 is 5.32. The number of hydrogen-bond acceptors (Lipinski definition) is 6. The van der Waals surface area contributed by atoms with Crippen LogP contribution < -0.4 is 15.0 Å². The molecule has 4 rings (SSSR count). The van der Waals surface area contributed by atoms with Gasteiger partial charge < -0.3 is 15.0 Å². The second kappa shape index (κ2) is 8.49. The van der Waals surface area contributed by atoms with E-state index in [1.165, 1.54) is 12.8 Å². The van der Waals surface area contributed by atoms with Crippen LogP contribution in [-0.2, 0) is 11.3 Å². The smallest absolute Gasteiger partial charge is 0.227 e. The van der Waals surface area contributed by atoms with Gasteiger partial charge in [0.1, 0.15) is 5.75 Å². The first-order valence-electron chi connectivity index (χ1n) is 9.97. The predicted octanol–water partition coefficient (Wildman–Crippen LogP) is 3.60. The van der Waals surface area contributed by atoms with Crippen LogP contribution in [0.25, 0.3) is 0 Å². The molecule has 0 bridgehead atoms. The maximum Gasteiger partial charge on any atom is 0.227 e. The third-order valence-corrected chi connectivity index (χ3v) is 6.62. The number of ether oxygens (including phenoxy) is 1. The molecule has 0 atom stereocenters. The molecule has 1 aromatic carbocycles. The van der Waals surface area contributed by atoms with E-state index in [-0.39, 0.29) is 11.8 Å². The van der Waals surface area contributed by atoms with Crippen molar-refractivity contribution >= 4 is 28.1 Å². The highest BCUT2D eigenvalue weighted by atomic mass is 32.1. The highest BCUT2D eigenvalue weighted by Crippen LogP contribution is 2.32. The topological polar surface area (TPSA) is 57.7 Å². The van der Waals surface area contributed by atoms with Gasteiger partial charge in [-0.15, -0.1) is 11.3 Å². The van der Waals surface area contributed by atoms with Gasteiger partial charge in [0.25, 0.3) is 0 Å². The fourth-order valence-electron chi connectivity index (χ4n) is 3.71. The van der Waals surface area contributed by atoms with Gasteiger partial charge >= 0.3 is 0 Å². The summed E-state index contributed by atoms with van der Waals surface area (Å²) in [5.74, 6) is 0.836. The van der Waals surface area contributed by atoms with Gasteiger partial charge in [-0.05, 0) is 50.9 Å². The molecule has 2 aromatic rings. The average Bonchev–Trinajstić information content (AvgIpc) is 3.47. The van der Waals surface area contributed by atoms with Gasteiger partial charge in [-0.1, -0.05) is 12.1 Å². The largest absolute Gasteiger partial charge is 0.495 e. The molecule has 0 radical (unpaired) electrons. The van der Waals surface area contributed by atoms with Gasteiger partial charge in [0.05, 0.1) is 18.5 Å². The van der Waals surface area contributed by atoms with Crippen molar-refractivity contribution in [1.82, 2.24) is 9.88 Å². The Morgan fingerprint density at radius 3 is 2.75 bits per heavy atom. The summed E-state index contributed by atoms with van der Waals surface area (Å²) in [4.78, 5) is 22.2. The number of thiazole rings is 1. The monoisotopic (exact) mass is 400 g/mol. The lowest BCUT2D eigenvalue weighted by Gasteiger charge is -2.30. The molecular weight excluding hydrogens is 372 g/mol. The summed E-state index contributed by atoms with van der Waals surface area (Å²) in [6, 6.07) is 8.24. The Balaban J connectivity index is 1.27. The van der Waals surface area contributed by atoms with Crippen LogP contribution in [0.15, 0.2) is 29.6 Å². The SMILES string of the molecule is COc1ccccc1NC(=O)C1CCN(Cc2csc(N(C)C3CC3)n2)CC1. The van der Waals surface area contributed by atoms with Crippen molar-refractivity contribution in [2.24, 2.45) is 5.92 Å². The van der Waals surface area contributed by atoms with E-state index < -0.39 is 0 Å². The number of nitrogens with one attached hydrogen (secondary N) is 1. The molecule has 0 spiro atoms. The standard InChI is InChI=1S/C21H28N4O2S/c1-24(17-7-8-17)21-22-16(14-28-21)13-25-11-9-15(10-12-25)20(26)23-18-5-3-4-6-19(18)27-2/h3-6,14-15,17H,7-13H2,1-2H3,(H,23,26). The number of methoxy groups -OCH3 is 1. The Kier molecular flexibility index (Phi) is 5.82. The van der Waals surface area contributed by atoms with Crippen LogP contribution in [0.1, 0.15) is 31.4 Å². The first-order chi connectivity index (χ1) is 13.6. The first kappa shape index (κ1) is 19.2. The Labute approximate surface area is 170 Å². The van der Waals surface area contributed by atoms with Crippen molar-refractivity contribution in [1.29, 1.82) is 0 Å². The van der Waals surface area contributed by atoms with E-state index in [2.05, 4.69) is 27.5 Å². The van der Waals surface area contributed by atoms with E-state index in [9.17, 15) is 4.79 Å². The minimum absolute atomic E-state index is 0.0492. The summed E-state index contributed by atoms with van der Waals surface area (Å²) >= 11 is 1.74. The number of aromatic nitrogens is 1. The zero-order valence-corrected chi connectivity index (χ0v) is 17.4. The molecule has 1 saturated carbocycles. The highest BCUT2D eigenvalue weighted by Gasteiger charge is 2.29. The fraction of sp³-hybridized carbons (Fsp3) is 0.524. The minimum atomic E-state index is 0.0492. The maximum atomic E-state index is 12.6. The summed E-state index contributed by atoms with van der Waals surface area (Å²) in [6.07, 6.45) is 4.33. The van der Waals surface area contributed by atoms with Gasteiger partial charge in [0.2, 0.25) is 5.91 Å². The molecule has 2 heterocycles. The third kappa shape index (κ3) is 4.47. The van der Waals surface area contributed by atoms with Crippen LogP contribution in [0, 0.1) is 5.92 Å². The molecule has 1 aliphatic carbocycles. The van der Waals surface area contributed by atoms with E-state index in [4.69, 9.17) is 9.72 Å². The molecule has 1 aromatic heterocycles. The molecule has 0 unspecified atom stereocenters. The molecule has 1 N–H and O–H groups in total. The van der Waals surface area contributed by atoms with Gasteiger partial charge in [0.15, 0.2) is 5.13 Å². The van der Waals surface area contributed by atoms with Crippen molar-refractivity contribution in [2.45, 2.75) is 38.3 Å². The molecule has 6 nitrogen and oxygen atoms in total. The number of amides is 1. The summed E-state index contributed by atoms with van der Waals surface area (Å²) in [7, 11) is 3.77. The zero-order chi connectivity index (χ0) is 19.5. The Hall–Kier alpha value is -2.12. The number of nitrogens with zero attached hydrogens (tertiary/aromatic N) is 3. The number of anilines is 2. The lowest BCUT2D eigenvalue weighted by Crippen LogP contribution is -2.37. The second-order valence-corrected chi connectivity index (χ2v) is 8.54. The van der Waals surface area contributed by atoms with Crippen molar-refractivity contribution in [2.75, 3.05) is 37.5 Å². The quantitative estimate of drug-likeness (QED) is 0.770.